The Morgan fingerprint density at radius 3 is 2.56 bits per heavy atom. The number of thioether (sulfide) groups is 2. The molecule has 1 nitrogen and oxygen atoms in total. The molecule has 4 heteroatoms. The van der Waals surface area contributed by atoms with Crippen LogP contribution in [0.1, 0.15) is 46.5 Å². The second kappa shape index (κ2) is 8.91. The second-order valence-corrected chi connectivity index (χ2v) is 9.74. The predicted molar refractivity (Wildman–Crippen MR) is 119 cm³/mol. The van der Waals surface area contributed by atoms with Gasteiger partial charge in [-0.1, -0.05) is 33.6 Å². The molecule has 0 saturated carbocycles. The fourth-order valence-corrected chi connectivity index (χ4v) is 5.88. The van der Waals surface area contributed by atoms with Crippen LogP contribution in [0.25, 0.3) is 0 Å². The van der Waals surface area contributed by atoms with Crippen LogP contribution in [-0.4, -0.2) is 18.1 Å². The average molecular weight is 404 g/mol. The van der Waals surface area contributed by atoms with E-state index < -0.39 is 0 Å². The minimum atomic E-state index is -0.179. The van der Waals surface area contributed by atoms with Crippen LogP contribution in [0.4, 0.5) is 15.8 Å². The van der Waals surface area contributed by atoms with E-state index in [1.807, 2.05) is 23.9 Å². The molecule has 1 heterocycles. The summed E-state index contributed by atoms with van der Waals surface area (Å²) < 4.78 is 13.6. The Morgan fingerprint density at radius 1 is 1.19 bits per heavy atom. The Hall–Kier alpha value is -1.13. The molecular formula is C23H30FNS2. The Balaban J connectivity index is 2.11. The zero-order chi connectivity index (χ0) is 19.4. The normalized spacial score (nSPS) is 22.4. The van der Waals surface area contributed by atoms with E-state index in [9.17, 15) is 4.39 Å². The Kier molecular flexibility index (Phi) is 6.80. The van der Waals surface area contributed by atoms with E-state index in [1.165, 1.54) is 34.7 Å². The highest BCUT2D eigenvalue weighted by atomic mass is 32.2. The van der Waals surface area contributed by atoms with Crippen molar-refractivity contribution in [3.8, 4) is 0 Å². The molecular weight excluding hydrogens is 373 g/mol. The number of rotatable bonds is 6. The molecule has 0 aliphatic carbocycles. The highest BCUT2D eigenvalue weighted by Crippen LogP contribution is 2.51. The third kappa shape index (κ3) is 4.32. The van der Waals surface area contributed by atoms with Gasteiger partial charge in [-0.15, -0.1) is 23.5 Å². The zero-order valence-electron chi connectivity index (χ0n) is 16.8. The Morgan fingerprint density at radius 2 is 1.93 bits per heavy atom. The fourth-order valence-electron chi connectivity index (χ4n) is 4.02. The van der Waals surface area contributed by atoms with E-state index in [2.05, 4.69) is 50.1 Å². The van der Waals surface area contributed by atoms with Gasteiger partial charge in [-0.2, -0.15) is 0 Å². The van der Waals surface area contributed by atoms with Crippen molar-refractivity contribution in [1.82, 2.24) is 0 Å². The molecule has 2 unspecified atom stereocenters. The van der Waals surface area contributed by atoms with Crippen molar-refractivity contribution in [3.63, 3.8) is 0 Å². The van der Waals surface area contributed by atoms with Crippen molar-refractivity contribution in [3.05, 3.63) is 48.3 Å². The van der Waals surface area contributed by atoms with Gasteiger partial charge in [0.2, 0.25) is 0 Å². The minimum Gasteiger partial charge on any atom is -0.340 e. The number of halogens is 1. The summed E-state index contributed by atoms with van der Waals surface area (Å²) in [5, 5.41) is 0.540. The van der Waals surface area contributed by atoms with E-state index in [1.54, 1.807) is 23.9 Å². The zero-order valence-corrected chi connectivity index (χ0v) is 18.4. The van der Waals surface area contributed by atoms with Gasteiger partial charge < -0.3 is 4.90 Å². The van der Waals surface area contributed by atoms with Gasteiger partial charge in [-0.05, 0) is 67.0 Å². The molecule has 1 aliphatic heterocycles. The van der Waals surface area contributed by atoms with Crippen molar-refractivity contribution in [2.75, 3.05) is 17.7 Å². The lowest BCUT2D eigenvalue weighted by atomic mass is 9.76. The van der Waals surface area contributed by atoms with Crippen LogP contribution in [0.15, 0.2) is 52.3 Å². The van der Waals surface area contributed by atoms with Gasteiger partial charge in [0.05, 0.1) is 5.69 Å². The van der Waals surface area contributed by atoms with Gasteiger partial charge in [0.15, 0.2) is 0 Å². The van der Waals surface area contributed by atoms with Gasteiger partial charge >= 0.3 is 0 Å². The molecule has 0 radical (unpaired) electrons. The number of anilines is 2. The molecule has 2 aromatic carbocycles. The number of hydrogen-bond acceptors (Lipinski definition) is 3. The van der Waals surface area contributed by atoms with E-state index >= 15 is 0 Å². The average Bonchev–Trinajstić information content (AvgIpc) is 2.81. The first-order valence-electron chi connectivity index (χ1n) is 9.90. The fraction of sp³-hybridized carbons (Fsp3) is 0.478. The van der Waals surface area contributed by atoms with E-state index in [4.69, 9.17) is 0 Å². The topological polar surface area (TPSA) is 3.24 Å². The SMILES string of the molecule is CCCCC1(CC)CN(c2ccc(F)cc2)c2cc(SC)ccc2SC1C. The first kappa shape index (κ1) is 20.6. The molecule has 0 spiro atoms. The molecule has 0 aromatic heterocycles. The molecule has 3 rings (SSSR count). The third-order valence-electron chi connectivity index (χ3n) is 5.97. The molecule has 0 fully saturated rings. The lowest BCUT2D eigenvalue weighted by molar-refractivity contribution is 0.253. The Bertz CT molecular complexity index is 761. The van der Waals surface area contributed by atoms with E-state index in [0.29, 0.717) is 5.25 Å². The molecule has 2 aromatic rings. The molecule has 2 atom stereocenters. The van der Waals surface area contributed by atoms with Crippen LogP contribution in [0.2, 0.25) is 0 Å². The number of hydrogen-bond donors (Lipinski definition) is 0. The summed E-state index contributed by atoms with van der Waals surface area (Å²) in [6, 6.07) is 13.8. The number of fused-ring (bicyclic) bond motifs is 1. The van der Waals surface area contributed by atoms with Crippen LogP contribution in [0.5, 0.6) is 0 Å². The minimum absolute atomic E-state index is 0.179. The van der Waals surface area contributed by atoms with Crippen LogP contribution in [0.3, 0.4) is 0 Å². The number of unbranched alkanes of at least 4 members (excludes halogenated alkanes) is 1. The van der Waals surface area contributed by atoms with Gasteiger partial charge in [0.25, 0.3) is 0 Å². The van der Waals surface area contributed by atoms with Crippen molar-refractivity contribution in [1.29, 1.82) is 0 Å². The predicted octanol–water partition coefficient (Wildman–Crippen LogP) is 7.77. The van der Waals surface area contributed by atoms with Crippen LogP contribution in [0, 0.1) is 11.2 Å². The second-order valence-electron chi connectivity index (χ2n) is 7.48. The third-order valence-corrected chi connectivity index (χ3v) is 8.14. The van der Waals surface area contributed by atoms with Gasteiger partial charge in [0, 0.05) is 27.3 Å². The molecule has 0 bridgehead atoms. The van der Waals surface area contributed by atoms with Crippen LogP contribution < -0.4 is 4.90 Å². The quantitative estimate of drug-likeness (QED) is 0.454. The van der Waals surface area contributed by atoms with E-state index in [0.717, 1.165) is 18.7 Å². The Labute approximate surface area is 172 Å². The maximum absolute atomic E-state index is 13.6. The largest absolute Gasteiger partial charge is 0.340 e. The van der Waals surface area contributed by atoms with Crippen LogP contribution >= 0.6 is 23.5 Å². The maximum atomic E-state index is 13.6. The first-order valence-corrected chi connectivity index (χ1v) is 12.0. The van der Waals surface area contributed by atoms with Crippen LogP contribution in [-0.2, 0) is 0 Å². The number of benzene rings is 2. The summed E-state index contributed by atoms with van der Waals surface area (Å²) in [7, 11) is 0. The molecule has 0 saturated heterocycles. The monoisotopic (exact) mass is 403 g/mol. The lowest BCUT2D eigenvalue weighted by Crippen LogP contribution is -2.40. The number of nitrogens with zero attached hydrogens (tertiary/aromatic N) is 1. The van der Waals surface area contributed by atoms with Gasteiger partial charge in [-0.25, -0.2) is 4.39 Å². The lowest BCUT2D eigenvalue weighted by Gasteiger charge is -2.40. The summed E-state index contributed by atoms with van der Waals surface area (Å²) >= 11 is 3.78. The summed E-state index contributed by atoms with van der Waals surface area (Å²) in [5.74, 6) is -0.179. The highest BCUT2D eigenvalue weighted by molar-refractivity contribution is 8.00. The molecule has 146 valence electrons. The van der Waals surface area contributed by atoms with Crippen molar-refractivity contribution >= 4 is 34.9 Å². The molecule has 0 N–H and O–H groups in total. The van der Waals surface area contributed by atoms with Gasteiger partial charge in [-0.3, -0.25) is 0 Å². The summed E-state index contributed by atoms with van der Waals surface area (Å²) in [6.45, 7) is 7.98. The van der Waals surface area contributed by atoms with Crippen molar-refractivity contribution in [2.24, 2.45) is 5.41 Å². The van der Waals surface area contributed by atoms with Crippen molar-refractivity contribution in [2.45, 2.75) is 61.5 Å². The summed E-state index contributed by atoms with van der Waals surface area (Å²) in [5.41, 5.74) is 2.59. The summed E-state index contributed by atoms with van der Waals surface area (Å²) in [6.07, 6.45) is 6.98. The smallest absolute Gasteiger partial charge is 0.123 e. The maximum Gasteiger partial charge on any atom is 0.123 e. The standard InChI is InChI=1S/C23H30FNS2/c1-5-7-14-23(6-2)16-25(19-10-8-18(24)9-11-19)21-15-20(26-4)12-13-22(21)27-17(23)3/h8-13,15,17H,5-7,14,16H2,1-4H3. The van der Waals surface area contributed by atoms with E-state index in [-0.39, 0.29) is 11.2 Å². The highest BCUT2D eigenvalue weighted by Gasteiger charge is 2.40. The van der Waals surface area contributed by atoms with Crippen molar-refractivity contribution < 1.29 is 4.39 Å². The summed E-state index contributed by atoms with van der Waals surface area (Å²) in [4.78, 5) is 5.03. The molecule has 1 aliphatic rings. The first-order chi connectivity index (χ1) is 13.0. The molecule has 0 amide bonds. The van der Waals surface area contributed by atoms with Gasteiger partial charge in [0.1, 0.15) is 5.82 Å². The molecule has 27 heavy (non-hydrogen) atoms.